The van der Waals surface area contributed by atoms with Crippen LogP contribution in [0.3, 0.4) is 0 Å². The fourth-order valence-corrected chi connectivity index (χ4v) is 2.55. The number of piperazine rings is 1. The molecule has 2 atom stereocenters. The van der Waals surface area contributed by atoms with E-state index in [4.69, 9.17) is 0 Å². The molecule has 2 amide bonds. The Bertz CT molecular complexity index is 326. The zero-order chi connectivity index (χ0) is 13.9. The van der Waals surface area contributed by atoms with E-state index in [0.717, 1.165) is 19.3 Å². The average Bonchev–Trinajstić information content (AvgIpc) is 2.30. The molecule has 0 aromatic heterocycles. The lowest BCUT2D eigenvalue weighted by Crippen LogP contribution is -2.65. The Hall–Kier alpha value is -1.06. The molecular formula is C14H26N2O2. The summed E-state index contributed by atoms with van der Waals surface area (Å²) < 4.78 is 0. The van der Waals surface area contributed by atoms with E-state index in [1.54, 1.807) is 4.90 Å². The summed E-state index contributed by atoms with van der Waals surface area (Å²) in [5.41, 5.74) is -0.241. The molecule has 0 saturated carbocycles. The zero-order valence-corrected chi connectivity index (χ0v) is 12.2. The molecule has 1 N–H and O–H groups in total. The molecule has 4 heteroatoms. The predicted octanol–water partition coefficient (Wildman–Crippen LogP) is 1.94. The van der Waals surface area contributed by atoms with Gasteiger partial charge in [-0.3, -0.25) is 9.59 Å². The molecule has 0 radical (unpaired) electrons. The van der Waals surface area contributed by atoms with Crippen molar-refractivity contribution in [1.29, 1.82) is 0 Å². The normalized spacial score (nSPS) is 22.9. The fourth-order valence-electron chi connectivity index (χ4n) is 2.55. The number of carbonyl (C=O) groups excluding carboxylic acids is 2. The highest BCUT2D eigenvalue weighted by Gasteiger charge is 2.41. The maximum Gasteiger partial charge on any atom is 0.246 e. The second-order valence-corrected chi connectivity index (χ2v) is 5.92. The van der Waals surface area contributed by atoms with E-state index in [-0.39, 0.29) is 35.9 Å². The van der Waals surface area contributed by atoms with Gasteiger partial charge in [-0.1, -0.05) is 33.6 Å². The Morgan fingerprint density at radius 3 is 2.50 bits per heavy atom. The van der Waals surface area contributed by atoms with Gasteiger partial charge in [-0.2, -0.15) is 0 Å². The van der Waals surface area contributed by atoms with Gasteiger partial charge in [-0.05, 0) is 26.2 Å². The van der Waals surface area contributed by atoms with Gasteiger partial charge in [-0.25, -0.2) is 0 Å². The van der Waals surface area contributed by atoms with Gasteiger partial charge < -0.3 is 10.2 Å². The molecule has 1 heterocycles. The standard InChI is InChI=1S/C14H26N2O2/c1-6-8-14(4,5)16-9-11(17)15-12(13(16)18)10(3)7-2/h10,12H,6-9H2,1-5H3,(H,15,17). The highest BCUT2D eigenvalue weighted by Crippen LogP contribution is 2.25. The summed E-state index contributed by atoms with van der Waals surface area (Å²) in [4.78, 5) is 26.1. The van der Waals surface area contributed by atoms with Crippen molar-refractivity contribution in [3.8, 4) is 0 Å². The van der Waals surface area contributed by atoms with Crippen LogP contribution in [0.15, 0.2) is 0 Å². The van der Waals surface area contributed by atoms with E-state index in [9.17, 15) is 9.59 Å². The van der Waals surface area contributed by atoms with Crippen LogP contribution >= 0.6 is 0 Å². The summed E-state index contributed by atoms with van der Waals surface area (Å²) in [5, 5.41) is 2.83. The third kappa shape index (κ3) is 3.03. The number of amides is 2. The van der Waals surface area contributed by atoms with Crippen molar-refractivity contribution in [3.63, 3.8) is 0 Å². The van der Waals surface area contributed by atoms with Crippen LogP contribution in [-0.2, 0) is 9.59 Å². The molecule has 0 bridgehead atoms. The molecule has 0 aromatic rings. The highest BCUT2D eigenvalue weighted by molar-refractivity contribution is 5.95. The smallest absolute Gasteiger partial charge is 0.246 e. The number of hydrogen-bond donors (Lipinski definition) is 1. The average molecular weight is 254 g/mol. The van der Waals surface area contributed by atoms with Crippen molar-refractivity contribution in [1.82, 2.24) is 10.2 Å². The van der Waals surface area contributed by atoms with Gasteiger partial charge in [0.15, 0.2) is 0 Å². The van der Waals surface area contributed by atoms with Gasteiger partial charge in [0.05, 0.1) is 0 Å². The third-order valence-electron chi connectivity index (χ3n) is 3.96. The van der Waals surface area contributed by atoms with Gasteiger partial charge >= 0.3 is 0 Å². The van der Waals surface area contributed by atoms with E-state index in [1.165, 1.54) is 0 Å². The SMILES string of the molecule is CCCC(C)(C)N1CC(=O)NC(C(C)CC)C1=O. The molecule has 18 heavy (non-hydrogen) atoms. The van der Waals surface area contributed by atoms with Crippen molar-refractivity contribution >= 4 is 11.8 Å². The first-order chi connectivity index (χ1) is 8.33. The van der Waals surface area contributed by atoms with Crippen molar-refractivity contribution in [2.75, 3.05) is 6.54 Å². The van der Waals surface area contributed by atoms with Crippen molar-refractivity contribution in [3.05, 3.63) is 0 Å². The number of nitrogens with one attached hydrogen (secondary N) is 1. The first-order valence-electron chi connectivity index (χ1n) is 6.94. The van der Waals surface area contributed by atoms with E-state index in [2.05, 4.69) is 12.2 Å². The van der Waals surface area contributed by atoms with Gasteiger partial charge in [0.25, 0.3) is 0 Å². The molecule has 4 nitrogen and oxygen atoms in total. The Labute approximate surface area is 110 Å². The summed E-state index contributed by atoms with van der Waals surface area (Å²) in [7, 11) is 0. The monoisotopic (exact) mass is 254 g/mol. The number of hydrogen-bond acceptors (Lipinski definition) is 2. The maximum absolute atomic E-state index is 12.5. The van der Waals surface area contributed by atoms with Gasteiger partial charge in [0.2, 0.25) is 11.8 Å². The van der Waals surface area contributed by atoms with Crippen molar-refractivity contribution in [2.24, 2.45) is 5.92 Å². The van der Waals surface area contributed by atoms with Crippen LogP contribution in [0.25, 0.3) is 0 Å². The summed E-state index contributed by atoms with van der Waals surface area (Å²) in [5.74, 6) is 0.216. The fraction of sp³-hybridized carbons (Fsp3) is 0.857. The lowest BCUT2D eigenvalue weighted by Gasteiger charge is -2.44. The van der Waals surface area contributed by atoms with Gasteiger partial charge in [-0.15, -0.1) is 0 Å². The summed E-state index contributed by atoms with van der Waals surface area (Å²) in [6, 6.07) is -0.354. The summed E-state index contributed by atoms with van der Waals surface area (Å²) in [6.07, 6.45) is 2.81. The molecule has 1 fully saturated rings. The van der Waals surface area contributed by atoms with Crippen LogP contribution in [0.5, 0.6) is 0 Å². The highest BCUT2D eigenvalue weighted by atomic mass is 16.2. The second-order valence-electron chi connectivity index (χ2n) is 5.92. The van der Waals surface area contributed by atoms with Gasteiger partial charge in [0, 0.05) is 5.54 Å². The molecule has 1 aliphatic heterocycles. The minimum Gasteiger partial charge on any atom is -0.342 e. The zero-order valence-electron chi connectivity index (χ0n) is 12.2. The minimum absolute atomic E-state index is 0.0379. The molecule has 104 valence electrons. The van der Waals surface area contributed by atoms with Crippen LogP contribution in [0, 0.1) is 5.92 Å². The van der Waals surface area contributed by atoms with Crippen LogP contribution in [0.1, 0.15) is 53.9 Å². The van der Waals surface area contributed by atoms with E-state index < -0.39 is 0 Å². The number of nitrogens with zero attached hydrogens (tertiary/aromatic N) is 1. The first kappa shape index (κ1) is 15.0. The Balaban J connectivity index is 2.92. The Morgan fingerprint density at radius 2 is 2.00 bits per heavy atom. The predicted molar refractivity (Wildman–Crippen MR) is 72.1 cm³/mol. The number of rotatable bonds is 5. The molecule has 0 aromatic carbocycles. The number of carbonyl (C=O) groups is 2. The van der Waals surface area contributed by atoms with Crippen molar-refractivity contribution in [2.45, 2.75) is 65.5 Å². The van der Waals surface area contributed by atoms with Crippen LogP contribution in [0.4, 0.5) is 0 Å². The van der Waals surface area contributed by atoms with Gasteiger partial charge in [0.1, 0.15) is 12.6 Å². The van der Waals surface area contributed by atoms with Crippen LogP contribution in [0.2, 0.25) is 0 Å². The molecule has 1 aliphatic rings. The summed E-state index contributed by atoms with van der Waals surface area (Å²) >= 11 is 0. The van der Waals surface area contributed by atoms with Crippen LogP contribution in [-0.4, -0.2) is 34.8 Å². The molecule has 0 aliphatic carbocycles. The lowest BCUT2D eigenvalue weighted by molar-refractivity contribution is -0.151. The topological polar surface area (TPSA) is 49.4 Å². The quantitative estimate of drug-likeness (QED) is 0.815. The minimum atomic E-state index is -0.354. The van der Waals surface area contributed by atoms with E-state index in [0.29, 0.717) is 0 Å². The molecule has 1 saturated heterocycles. The maximum atomic E-state index is 12.5. The van der Waals surface area contributed by atoms with Crippen molar-refractivity contribution < 1.29 is 9.59 Å². The second kappa shape index (κ2) is 5.72. The Morgan fingerprint density at radius 1 is 1.39 bits per heavy atom. The third-order valence-corrected chi connectivity index (χ3v) is 3.96. The Kier molecular flexibility index (Phi) is 4.77. The lowest BCUT2D eigenvalue weighted by atomic mass is 9.90. The first-order valence-corrected chi connectivity index (χ1v) is 6.94. The largest absolute Gasteiger partial charge is 0.342 e. The molecule has 0 spiro atoms. The van der Waals surface area contributed by atoms with E-state index in [1.807, 2.05) is 27.7 Å². The van der Waals surface area contributed by atoms with Crippen LogP contribution < -0.4 is 5.32 Å². The molecule has 1 rings (SSSR count). The van der Waals surface area contributed by atoms with E-state index >= 15 is 0 Å². The summed E-state index contributed by atoms with van der Waals surface area (Å²) in [6.45, 7) is 10.4. The molecule has 2 unspecified atom stereocenters. The molecular weight excluding hydrogens is 228 g/mol.